The minimum Gasteiger partial charge on any atom is -0.477 e. The van der Waals surface area contributed by atoms with Gasteiger partial charge in [-0.25, -0.2) is 14.6 Å². The number of hydrogen-bond acceptors (Lipinski definition) is 12. The fraction of sp³-hybridized carbons (Fsp3) is 0.300. The van der Waals surface area contributed by atoms with Gasteiger partial charge < -0.3 is 25.4 Å². The first-order chi connectivity index (χ1) is 16.7. The van der Waals surface area contributed by atoms with E-state index in [1.807, 2.05) is 0 Å². The van der Waals surface area contributed by atoms with Crippen molar-refractivity contribution in [1.82, 2.24) is 15.2 Å². The number of rotatable bonds is 8. The predicted octanol–water partition coefficient (Wildman–Crippen LogP) is 0.868. The van der Waals surface area contributed by atoms with Gasteiger partial charge in [-0.15, -0.1) is 34.9 Å². The molecule has 1 saturated heterocycles. The second kappa shape index (κ2) is 10.1. The molecular weight excluding hydrogens is 518 g/mol. The number of amides is 2. The van der Waals surface area contributed by atoms with Gasteiger partial charge in [0.15, 0.2) is 10.8 Å². The highest BCUT2D eigenvalue weighted by Crippen LogP contribution is 2.41. The summed E-state index contributed by atoms with van der Waals surface area (Å²) < 4.78 is 4.94. The number of anilines is 1. The number of aryl methyl sites for hydroxylation is 1. The first-order valence-electron chi connectivity index (χ1n) is 9.97. The number of carbonyl (C=O) groups is 3. The molecule has 0 aromatic carbocycles. The lowest BCUT2D eigenvalue weighted by atomic mass is 10.0. The van der Waals surface area contributed by atoms with Crippen molar-refractivity contribution in [2.24, 2.45) is 5.16 Å². The van der Waals surface area contributed by atoms with Gasteiger partial charge in [0.2, 0.25) is 0 Å². The number of thiazole rings is 1. The van der Waals surface area contributed by atoms with E-state index in [4.69, 9.17) is 15.0 Å². The molecule has 15 heteroatoms. The average molecular weight is 538 g/mol. The maximum Gasteiger partial charge on any atom is 0.352 e. The Hall–Kier alpha value is -3.30. The Kier molecular flexibility index (Phi) is 7.18. The number of aromatic nitrogens is 1. The third-order valence-corrected chi connectivity index (χ3v) is 8.05. The number of thioether (sulfide) groups is 2. The van der Waals surface area contributed by atoms with Crippen molar-refractivity contribution in [3.8, 4) is 0 Å². The number of aliphatic carboxylic acids is 1. The third-order valence-electron chi connectivity index (χ3n) is 4.98. The molecule has 0 unspecified atom stereocenters. The van der Waals surface area contributed by atoms with Gasteiger partial charge in [-0.05, 0) is 18.6 Å². The summed E-state index contributed by atoms with van der Waals surface area (Å²) in [6, 6.07) is 2.06. The normalized spacial score (nSPS) is 19.8. The van der Waals surface area contributed by atoms with Crippen LogP contribution in [0.2, 0.25) is 0 Å². The quantitative estimate of drug-likeness (QED) is 0.188. The molecule has 1 fully saturated rings. The summed E-state index contributed by atoms with van der Waals surface area (Å²) >= 11 is 3.73. The molecule has 2 aromatic rings. The fourth-order valence-electron chi connectivity index (χ4n) is 3.53. The Morgan fingerprint density at radius 3 is 2.83 bits per heavy atom. The van der Waals surface area contributed by atoms with Crippen LogP contribution in [0.4, 0.5) is 5.13 Å². The number of β-lactam (4-membered cyclic amide) rings is 1. The number of nitrogens with zero attached hydrogens (tertiary/aromatic N) is 3. The van der Waals surface area contributed by atoms with Gasteiger partial charge in [-0.2, -0.15) is 0 Å². The second-order valence-corrected chi connectivity index (χ2v) is 10.4. The standard InChI is InChI=1S/C20H19N5O7S3/c1-8-3-10(4-12(26)32-8)33-5-9-6-34-18-14(17(28)25(18)15(9)19(29)30)23-16(27)13(24-31-2)11-7-35-20(21)22-11/h3-4,7,14,18H,5-6H2,1-2H3,(H2,21,22)(H,23,27)(H,29,30)/b24-13-/t14-,18+/m0/s1. The van der Waals surface area contributed by atoms with Crippen LogP contribution in [0, 0.1) is 6.92 Å². The highest BCUT2D eigenvalue weighted by atomic mass is 32.2. The zero-order chi connectivity index (χ0) is 25.3. The molecule has 2 aliphatic rings. The van der Waals surface area contributed by atoms with Crippen molar-refractivity contribution in [2.45, 2.75) is 23.2 Å². The van der Waals surface area contributed by atoms with Crippen LogP contribution in [0.5, 0.6) is 0 Å². The molecule has 0 aliphatic carbocycles. The van der Waals surface area contributed by atoms with Crippen molar-refractivity contribution in [2.75, 3.05) is 24.3 Å². The van der Waals surface area contributed by atoms with Gasteiger partial charge in [-0.1, -0.05) is 5.16 Å². The maximum absolute atomic E-state index is 12.9. The lowest BCUT2D eigenvalue weighted by Gasteiger charge is -2.49. The summed E-state index contributed by atoms with van der Waals surface area (Å²) in [7, 11) is 1.27. The molecule has 2 aliphatic heterocycles. The largest absolute Gasteiger partial charge is 0.477 e. The number of nitrogens with one attached hydrogen (secondary N) is 1. The van der Waals surface area contributed by atoms with Crippen molar-refractivity contribution < 1.29 is 28.7 Å². The number of hydrogen-bond donors (Lipinski definition) is 3. The van der Waals surface area contributed by atoms with Gasteiger partial charge >= 0.3 is 11.6 Å². The number of carboxylic acid groups (broad SMARTS) is 1. The number of nitrogen functional groups attached to an aromatic ring is 1. The first-order valence-corrected chi connectivity index (χ1v) is 12.9. The summed E-state index contributed by atoms with van der Waals surface area (Å²) in [5, 5.41) is 17.3. The molecule has 184 valence electrons. The minimum atomic E-state index is -1.24. The van der Waals surface area contributed by atoms with E-state index in [9.17, 15) is 24.3 Å². The lowest BCUT2D eigenvalue weighted by Crippen LogP contribution is -2.71. The third kappa shape index (κ3) is 5.06. The lowest BCUT2D eigenvalue weighted by molar-refractivity contribution is -0.150. The summed E-state index contributed by atoms with van der Waals surface area (Å²) in [4.78, 5) is 59.9. The smallest absolute Gasteiger partial charge is 0.352 e. The second-order valence-electron chi connectivity index (χ2n) is 7.32. The van der Waals surface area contributed by atoms with E-state index in [0.29, 0.717) is 22.0 Å². The van der Waals surface area contributed by atoms with E-state index >= 15 is 0 Å². The molecule has 0 spiro atoms. The maximum atomic E-state index is 12.9. The van der Waals surface area contributed by atoms with Crippen LogP contribution in [-0.2, 0) is 19.2 Å². The molecule has 4 rings (SSSR count). The summed E-state index contributed by atoms with van der Waals surface area (Å²) in [6.45, 7) is 1.65. The van der Waals surface area contributed by atoms with Crippen LogP contribution in [0.15, 0.2) is 48.0 Å². The van der Waals surface area contributed by atoms with Crippen LogP contribution < -0.4 is 16.7 Å². The molecule has 2 amide bonds. The van der Waals surface area contributed by atoms with E-state index in [2.05, 4.69) is 15.5 Å². The molecule has 0 radical (unpaired) electrons. The number of nitrogens with two attached hydrogens (primary N) is 1. The molecule has 0 bridgehead atoms. The van der Waals surface area contributed by atoms with Gasteiger partial charge in [0.1, 0.15) is 35.7 Å². The number of carbonyl (C=O) groups excluding carboxylic acids is 2. The van der Waals surface area contributed by atoms with Crippen LogP contribution in [-0.4, -0.2) is 68.5 Å². The Morgan fingerprint density at radius 2 is 2.20 bits per heavy atom. The Labute approximate surface area is 210 Å². The Bertz CT molecular complexity index is 1320. The fourth-order valence-corrected chi connectivity index (χ4v) is 6.56. The number of carboxylic acids is 1. The molecule has 12 nitrogen and oxygen atoms in total. The summed E-state index contributed by atoms with van der Waals surface area (Å²) in [5.41, 5.74) is 5.60. The van der Waals surface area contributed by atoms with Gasteiger partial charge in [0.05, 0.1) is 0 Å². The van der Waals surface area contributed by atoms with E-state index in [0.717, 1.165) is 11.3 Å². The summed E-state index contributed by atoms with van der Waals surface area (Å²) in [5.74, 6) is -1.46. The molecule has 35 heavy (non-hydrogen) atoms. The minimum absolute atomic E-state index is 0.116. The zero-order valence-corrected chi connectivity index (χ0v) is 20.8. The van der Waals surface area contributed by atoms with Crippen LogP contribution >= 0.6 is 34.9 Å². The topological polar surface area (TPSA) is 177 Å². The van der Waals surface area contributed by atoms with E-state index in [1.165, 1.54) is 47.0 Å². The van der Waals surface area contributed by atoms with E-state index < -0.39 is 34.8 Å². The SMILES string of the molecule is CO/N=C(\C(=O)N[C@H]1C(=O)N2C(C(=O)O)=C(CSc3cc(C)oc(=O)c3)CS[C@H]12)c1csc(N)n1. The highest BCUT2D eigenvalue weighted by Gasteiger charge is 2.54. The Morgan fingerprint density at radius 1 is 1.43 bits per heavy atom. The van der Waals surface area contributed by atoms with Crippen LogP contribution in [0.1, 0.15) is 11.5 Å². The van der Waals surface area contributed by atoms with Crippen molar-refractivity contribution in [3.05, 3.63) is 50.7 Å². The monoisotopic (exact) mass is 537 g/mol. The van der Waals surface area contributed by atoms with Gasteiger partial charge in [0, 0.05) is 27.8 Å². The molecule has 4 heterocycles. The number of fused-ring (bicyclic) bond motifs is 1. The predicted molar refractivity (Wildman–Crippen MR) is 130 cm³/mol. The molecule has 2 aromatic heterocycles. The zero-order valence-electron chi connectivity index (χ0n) is 18.3. The molecule has 2 atom stereocenters. The van der Waals surface area contributed by atoms with Crippen molar-refractivity contribution in [1.29, 1.82) is 0 Å². The highest BCUT2D eigenvalue weighted by molar-refractivity contribution is 8.01. The summed E-state index contributed by atoms with van der Waals surface area (Å²) in [6.07, 6.45) is 0. The average Bonchev–Trinajstić information content (AvgIpc) is 3.23. The van der Waals surface area contributed by atoms with E-state index in [-0.39, 0.29) is 28.0 Å². The molecule has 0 saturated carbocycles. The van der Waals surface area contributed by atoms with Crippen molar-refractivity contribution in [3.63, 3.8) is 0 Å². The van der Waals surface area contributed by atoms with Crippen molar-refractivity contribution >= 4 is 63.5 Å². The van der Waals surface area contributed by atoms with E-state index in [1.54, 1.807) is 13.0 Å². The number of oxime groups is 1. The van der Waals surface area contributed by atoms with Crippen LogP contribution in [0.3, 0.4) is 0 Å². The Balaban J connectivity index is 1.50. The van der Waals surface area contributed by atoms with Crippen LogP contribution in [0.25, 0.3) is 0 Å². The van der Waals surface area contributed by atoms with Gasteiger partial charge in [0.25, 0.3) is 11.8 Å². The molecular formula is C20H19N5O7S3. The molecule has 4 N–H and O–H groups in total. The first kappa shape index (κ1) is 24.8. The van der Waals surface area contributed by atoms with Gasteiger partial charge in [-0.3, -0.25) is 14.5 Å².